The maximum Gasteiger partial charge on any atom is 0.251 e. The van der Waals surface area contributed by atoms with Gasteiger partial charge < -0.3 is 5.32 Å². The molecule has 0 heterocycles. The van der Waals surface area contributed by atoms with Gasteiger partial charge in [-0.05, 0) is 43.0 Å². The number of halogens is 2. The summed E-state index contributed by atoms with van der Waals surface area (Å²) >= 11 is 9.56. The maximum atomic E-state index is 11.9. The van der Waals surface area contributed by atoms with Gasteiger partial charge in [0.25, 0.3) is 5.91 Å². The van der Waals surface area contributed by atoms with Crippen LogP contribution >= 0.6 is 27.5 Å². The van der Waals surface area contributed by atoms with Gasteiger partial charge in [0, 0.05) is 16.6 Å². The van der Waals surface area contributed by atoms with Crippen molar-refractivity contribution in [1.82, 2.24) is 5.32 Å². The Balaban J connectivity index is 2.52. The molecular weight excluding hydrogens is 314 g/mol. The monoisotopic (exact) mass is 331 g/mol. The summed E-state index contributed by atoms with van der Waals surface area (Å²) in [5.41, 5.74) is 1.72. The number of nitrogens with one attached hydrogen (secondary N) is 1. The first kappa shape index (κ1) is 15.5. The molecule has 1 atom stereocenters. The third-order valence-electron chi connectivity index (χ3n) is 2.63. The van der Waals surface area contributed by atoms with E-state index in [0.717, 1.165) is 16.5 Å². The van der Waals surface area contributed by atoms with E-state index in [1.807, 2.05) is 19.1 Å². The number of rotatable bonds is 5. The molecule has 0 saturated carbocycles. The van der Waals surface area contributed by atoms with Crippen LogP contribution in [0.15, 0.2) is 22.7 Å². The first-order valence-corrected chi connectivity index (χ1v) is 7.31. The van der Waals surface area contributed by atoms with Gasteiger partial charge in [-0.15, -0.1) is 11.6 Å². The number of carbonyl (C=O) groups is 1. The summed E-state index contributed by atoms with van der Waals surface area (Å²) in [5.74, 6) is 0.472. The Morgan fingerprint density at radius 3 is 2.67 bits per heavy atom. The summed E-state index contributed by atoms with van der Waals surface area (Å²) in [5, 5.41) is 2.86. The van der Waals surface area contributed by atoms with Crippen molar-refractivity contribution in [3.8, 4) is 0 Å². The minimum atomic E-state index is -0.0694. The third-order valence-corrected chi connectivity index (χ3v) is 3.85. The van der Waals surface area contributed by atoms with Crippen LogP contribution in [0.25, 0.3) is 0 Å². The lowest BCUT2D eigenvalue weighted by Crippen LogP contribution is -2.30. The quantitative estimate of drug-likeness (QED) is 0.807. The van der Waals surface area contributed by atoms with Crippen LogP contribution in [-0.2, 0) is 0 Å². The SMILES string of the molecule is Cc1cc(C(=O)NCC(Cl)CC(C)C)ccc1Br. The third kappa shape index (κ3) is 4.99. The molecule has 0 fully saturated rings. The maximum absolute atomic E-state index is 11.9. The lowest BCUT2D eigenvalue weighted by atomic mass is 10.1. The summed E-state index contributed by atoms with van der Waals surface area (Å²) < 4.78 is 1.01. The number of aryl methyl sites for hydroxylation is 1. The van der Waals surface area contributed by atoms with Crippen LogP contribution in [0, 0.1) is 12.8 Å². The van der Waals surface area contributed by atoms with Crippen LogP contribution in [-0.4, -0.2) is 17.8 Å². The molecule has 1 aromatic carbocycles. The van der Waals surface area contributed by atoms with Crippen LogP contribution in [0.1, 0.15) is 36.2 Å². The van der Waals surface area contributed by atoms with Gasteiger partial charge in [-0.3, -0.25) is 4.79 Å². The Kier molecular flexibility index (Phi) is 6.16. The highest BCUT2D eigenvalue weighted by Crippen LogP contribution is 2.17. The minimum absolute atomic E-state index is 0.00880. The van der Waals surface area contributed by atoms with E-state index in [1.165, 1.54) is 0 Å². The summed E-state index contributed by atoms with van der Waals surface area (Å²) in [6, 6.07) is 5.56. The Bertz CT molecular complexity index is 420. The number of hydrogen-bond acceptors (Lipinski definition) is 1. The highest BCUT2D eigenvalue weighted by molar-refractivity contribution is 9.10. The van der Waals surface area contributed by atoms with Gasteiger partial charge in [0.1, 0.15) is 0 Å². The first-order valence-electron chi connectivity index (χ1n) is 6.08. The van der Waals surface area contributed by atoms with Crippen molar-refractivity contribution in [3.63, 3.8) is 0 Å². The number of benzene rings is 1. The zero-order valence-corrected chi connectivity index (χ0v) is 13.3. The lowest BCUT2D eigenvalue weighted by Gasteiger charge is -2.13. The Hall–Kier alpha value is -0.540. The average Bonchev–Trinajstić information content (AvgIpc) is 2.28. The highest BCUT2D eigenvalue weighted by Gasteiger charge is 2.11. The zero-order chi connectivity index (χ0) is 13.7. The first-order chi connectivity index (χ1) is 8.40. The van der Waals surface area contributed by atoms with E-state index in [1.54, 1.807) is 6.07 Å². The van der Waals surface area contributed by atoms with Crippen molar-refractivity contribution in [2.24, 2.45) is 5.92 Å². The topological polar surface area (TPSA) is 29.1 Å². The molecule has 2 nitrogen and oxygen atoms in total. The molecule has 4 heteroatoms. The van der Waals surface area contributed by atoms with E-state index >= 15 is 0 Å². The van der Waals surface area contributed by atoms with E-state index in [2.05, 4.69) is 35.1 Å². The molecule has 1 N–H and O–H groups in total. The van der Waals surface area contributed by atoms with Crippen molar-refractivity contribution in [2.45, 2.75) is 32.6 Å². The second kappa shape index (κ2) is 7.15. The molecule has 1 amide bonds. The zero-order valence-electron chi connectivity index (χ0n) is 11.0. The van der Waals surface area contributed by atoms with Crippen molar-refractivity contribution >= 4 is 33.4 Å². The molecule has 0 aliphatic rings. The van der Waals surface area contributed by atoms with Crippen LogP contribution in [0.4, 0.5) is 0 Å². The Morgan fingerprint density at radius 2 is 2.11 bits per heavy atom. The molecule has 0 spiro atoms. The summed E-state index contributed by atoms with van der Waals surface area (Å²) in [6.07, 6.45) is 0.904. The fraction of sp³-hybridized carbons (Fsp3) is 0.500. The molecule has 1 aromatic rings. The predicted molar refractivity (Wildman–Crippen MR) is 80.3 cm³/mol. The van der Waals surface area contributed by atoms with Gasteiger partial charge in [-0.25, -0.2) is 0 Å². The van der Waals surface area contributed by atoms with Gasteiger partial charge in [0.15, 0.2) is 0 Å². The molecule has 0 aliphatic heterocycles. The molecule has 0 aromatic heterocycles. The van der Waals surface area contributed by atoms with Crippen LogP contribution in [0.2, 0.25) is 0 Å². The minimum Gasteiger partial charge on any atom is -0.351 e. The summed E-state index contributed by atoms with van der Waals surface area (Å²) in [6.45, 7) is 6.71. The molecule has 0 aliphatic carbocycles. The normalized spacial score (nSPS) is 12.6. The van der Waals surface area contributed by atoms with Gasteiger partial charge >= 0.3 is 0 Å². The predicted octanol–water partition coefficient (Wildman–Crippen LogP) is 4.14. The molecule has 100 valence electrons. The molecular formula is C14H19BrClNO. The molecule has 1 rings (SSSR count). The van der Waals surface area contributed by atoms with E-state index in [9.17, 15) is 4.79 Å². The van der Waals surface area contributed by atoms with E-state index in [0.29, 0.717) is 18.0 Å². The Labute approximate surface area is 122 Å². The van der Waals surface area contributed by atoms with Gasteiger partial charge in [-0.2, -0.15) is 0 Å². The van der Waals surface area contributed by atoms with Gasteiger partial charge in [0.05, 0.1) is 5.38 Å². The van der Waals surface area contributed by atoms with Crippen LogP contribution < -0.4 is 5.32 Å². The fourth-order valence-electron chi connectivity index (χ4n) is 1.69. The molecule has 18 heavy (non-hydrogen) atoms. The standard InChI is InChI=1S/C14H19BrClNO/c1-9(2)6-12(16)8-17-14(18)11-4-5-13(15)10(3)7-11/h4-5,7,9,12H,6,8H2,1-3H3,(H,17,18). The van der Waals surface area contributed by atoms with Gasteiger partial charge in [0.2, 0.25) is 0 Å². The molecule has 0 saturated heterocycles. The second-order valence-electron chi connectivity index (χ2n) is 4.90. The van der Waals surface area contributed by atoms with Crippen molar-refractivity contribution < 1.29 is 4.79 Å². The van der Waals surface area contributed by atoms with Crippen LogP contribution in [0.5, 0.6) is 0 Å². The molecule has 0 bridgehead atoms. The second-order valence-corrected chi connectivity index (χ2v) is 6.37. The number of amides is 1. The lowest BCUT2D eigenvalue weighted by molar-refractivity contribution is 0.0953. The number of alkyl halides is 1. The number of hydrogen-bond donors (Lipinski definition) is 1. The van der Waals surface area contributed by atoms with Crippen molar-refractivity contribution in [2.75, 3.05) is 6.54 Å². The van der Waals surface area contributed by atoms with E-state index in [-0.39, 0.29) is 11.3 Å². The van der Waals surface area contributed by atoms with Crippen LogP contribution in [0.3, 0.4) is 0 Å². The Morgan fingerprint density at radius 1 is 1.44 bits per heavy atom. The highest BCUT2D eigenvalue weighted by atomic mass is 79.9. The average molecular weight is 333 g/mol. The van der Waals surface area contributed by atoms with Gasteiger partial charge in [-0.1, -0.05) is 29.8 Å². The van der Waals surface area contributed by atoms with E-state index < -0.39 is 0 Å². The number of carbonyl (C=O) groups excluding carboxylic acids is 1. The fourth-order valence-corrected chi connectivity index (χ4v) is 2.37. The smallest absolute Gasteiger partial charge is 0.251 e. The van der Waals surface area contributed by atoms with E-state index in [4.69, 9.17) is 11.6 Å². The molecule has 0 radical (unpaired) electrons. The van der Waals surface area contributed by atoms with Crippen molar-refractivity contribution in [1.29, 1.82) is 0 Å². The summed E-state index contributed by atoms with van der Waals surface area (Å²) in [4.78, 5) is 11.9. The largest absolute Gasteiger partial charge is 0.351 e. The summed E-state index contributed by atoms with van der Waals surface area (Å²) in [7, 11) is 0. The van der Waals surface area contributed by atoms with Crippen molar-refractivity contribution in [3.05, 3.63) is 33.8 Å². The molecule has 1 unspecified atom stereocenters.